The molecule has 0 aliphatic carbocycles. The van der Waals surface area contributed by atoms with Crippen molar-refractivity contribution in [1.82, 2.24) is 0 Å². The Morgan fingerprint density at radius 1 is 1.29 bits per heavy atom. The Bertz CT molecular complexity index is 595. The van der Waals surface area contributed by atoms with Crippen LogP contribution in [0.3, 0.4) is 0 Å². The molecule has 21 heavy (non-hydrogen) atoms. The van der Waals surface area contributed by atoms with Crippen molar-refractivity contribution in [3.63, 3.8) is 0 Å². The number of hydrogen-bond donors (Lipinski definition) is 0. The summed E-state index contributed by atoms with van der Waals surface area (Å²) in [6.45, 7) is 6.72. The second-order valence-corrected chi connectivity index (χ2v) is 5.47. The third kappa shape index (κ3) is 4.66. The maximum atomic E-state index is 5.35. The lowest BCUT2D eigenvalue weighted by Crippen LogP contribution is -3.00. The van der Waals surface area contributed by atoms with E-state index in [-0.39, 0.29) is 24.0 Å². The number of thiazole rings is 1. The highest BCUT2D eigenvalue weighted by Gasteiger charge is 2.17. The van der Waals surface area contributed by atoms with Gasteiger partial charge in [-0.1, -0.05) is 17.4 Å². The average Bonchev–Trinajstić information content (AvgIpc) is 2.83. The maximum Gasteiger partial charge on any atom is 0.262 e. The molecule has 5 heteroatoms. The second kappa shape index (κ2) is 9.38. The summed E-state index contributed by atoms with van der Waals surface area (Å²) in [5.74, 6) is 0.907. The van der Waals surface area contributed by atoms with Gasteiger partial charge in [0, 0.05) is 12.7 Å². The zero-order valence-corrected chi connectivity index (χ0v) is 15.7. The number of fused-ring (bicyclic) bond motifs is 1. The van der Waals surface area contributed by atoms with Gasteiger partial charge < -0.3 is 33.5 Å². The zero-order chi connectivity index (χ0) is 14.4. The average molecular weight is 419 g/mol. The predicted molar refractivity (Wildman–Crippen MR) is 84.4 cm³/mol. The molecule has 0 amide bonds. The molecule has 0 bridgehead atoms. The predicted octanol–water partition coefficient (Wildman–Crippen LogP) is 0.661. The molecule has 2 aromatic rings. The molecule has 116 valence electrons. The molecular weight excluding hydrogens is 397 g/mol. The first-order chi connectivity index (χ1) is 9.80. The van der Waals surface area contributed by atoms with E-state index in [1.807, 2.05) is 24.3 Å². The van der Waals surface area contributed by atoms with Gasteiger partial charge in [0.05, 0.1) is 19.8 Å². The van der Waals surface area contributed by atoms with Crippen LogP contribution in [0.4, 0.5) is 0 Å². The summed E-state index contributed by atoms with van der Waals surface area (Å²) in [5.41, 5.74) is 1.24. The minimum atomic E-state index is 0. The first kappa shape index (κ1) is 18.4. The monoisotopic (exact) mass is 419 g/mol. The van der Waals surface area contributed by atoms with E-state index in [0.717, 1.165) is 31.9 Å². The first-order valence-electron chi connectivity index (χ1n) is 7.04. The maximum absolute atomic E-state index is 5.35. The van der Waals surface area contributed by atoms with E-state index in [1.165, 1.54) is 15.2 Å². The van der Waals surface area contributed by atoms with Gasteiger partial charge in [0.25, 0.3) is 5.01 Å². The topological polar surface area (TPSA) is 22.3 Å². The number of ether oxygens (including phenoxy) is 2. The molecular formula is C16H22INO2S. The molecule has 0 N–H and O–H groups in total. The highest BCUT2D eigenvalue weighted by molar-refractivity contribution is 7.18. The van der Waals surface area contributed by atoms with Gasteiger partial charge in [-0.25, -0.2) is 0 Å². The number of benzene rings is 1. The lowest BCUT2D eigenvalue weighted by molar-refractivity contribution is -0.665. The molecule has 1 aromatic carbocycles. The van der Waals surface area contributed by atoms with Gasteiger partial charge in [0.2, 0.25) is 5.52 Å². The highest BCUT2D eigenvalue weighted by Crippen LogP contribution is 2.25. The number of aromatic nitrogens is 1. The van der Waals surface area contributed by atoms with E-state index in [9.17, 15) is 0 Å². The van der Waals surface area contributed by atoms with Crippen LogP contribution in [0.25, 0.3) is 16.3 Å². The van der Waals surface area contributed by atoms with E-state index in [0.29, 0.717) is 0 Å². The van der Waals surface area contributed by atoms with Crippen molar-refractivity contribution in [3.05, 3.63) is 29.3 Å². The molecule has 0 spiro atoms. The van der Waals surface area contributed by atoms with Crippen molar-refractivity contribution in [3.8, 4) is 5.75 Å². The molecule has 0 saturated heterocycles. The van der Waals surface area contributed by atoms with Crippen LogP contribution in [0.15, 0.2) is 24.3 Å². The van der Waals surface area contributed by atoms with Gasteiger partial charge >= 0.3 is 0 Å². The van der Waals surface area contributed by atoms with Crippen LogP contribution in [-0.4, -0.2) is 20.3 Å². The van der Waals surface area contributed by atoms with Crippen molar-refractivity contribution in [2.75, 3.05) is 20.3 Å². The molecule has 0 aliphatic rings. The standard InChI is InChI=1S/C16H22NO2S.HI/c1-4-17-14-12-13(18-3)9-10-15(14)20-16(17)8-6-7-11-19-5-2;/h6,8-10,12H,4-5,7,11H2,1-3H3;1H/q+1;/p-1. The molecule has 0 aliphatic heterocycles. The van der Waals surface area contributed by atoms with E-state index in [4.69, 9.17) is 9.47 Å². The summed E-state index contributed by atoms with van der Waals surface area (Å²) in [6, 6.07) is 6.25. The van der Waals surface area contributed by atoms with Crippen molar-refractivity contribution < 1.29 is 38.0 Å². The van der Waals surface area contributed by atoms with Gasteiger partial charge in [-0.2, -0.15) is 4.57 Å². The summed E-state index contributed by atoms with van der Waals surface area (Å²) < 4.78 is 14.3. The molecule has 3 nitrogen and oxygen atoms in total. The van der Waals surface area contributed by atoms with E-state index >= 15 is 0 Å². The van der Waals surface area contributed by atoms with Crippen molar-refractivity contribution in [2.24, 2.45) is 0 Å². The summed E-state index contributed by atoms with van der Waals surface area (Å²) in [6.07, 6.45) is 5.33. The van der Waals surface area contributed by atoms with Gasteiger partial charge in [-0.15, -0.1) is 0 Å². The third-order valence-electron chi connectivity index (χ3n) is 3.15. The van der Waals surface area contributed by atoms with Crippen LogP contribution in [0.1, 0.15) is 25.3 Å². The molecule has 1 heterocycles. The van der Waals surface area contributed by atoms with Gasteiger partial charge in [-0.3, -0.25) is 0 Å². The fourth-order valence-electron chi connectivity index (χ4n) is 2.14. The van der Waals surface area contributed by atoms with E-state index in [2.05, 4.69) is 35.8 Å². The van der Waals surface area contributed by atoms with Crippen LogP contribution in [-0.2, 0) is 11.3 Å². The van der Waals surface area contributed by atoms with Gasteiger partial charge in [0.1, 0.15) is 17.0 Å². The lowest BCUT2D eigenvalue weighted by atomic mass is 10.3. The van der Waals surface area contributed by atoms with Crippen molar-refractivity contribution in [2.45, 2.75) is 26.8 Å². The fraction of sp³-hybridized carbons (Fsp3) is 0.438. The van der Waals surface area contributed by atoms with Crippen LogP contribution in [0.5, 0.6) is 5.75 Å². The zero-order valence-electron chi connectivity index (χ0n) is 12.8. The number of rotatable bonds is 7. The molecule has 0 saturated carbocycles. The van der Waals surface area contributed by atoms with Crippen LogP contribution in [0.2, 0.25) is 0 Å². The van der Waals surface area contributed by atoms with Crippen molar-refractivity contribution in [1.29, 1.82) is 0 Å². The SMILES string of the molecule is CCOCCC=Cc1sc2ccc(OC)cc2[n+]1CC.[I-]. The van der Waals surface area contributed by atoms with Crippen molar-refractivity contribution >= 4 is 27.6 Å². The van der Waals surface area contributed by atoms with Crippen LogP contribution >= 0.6 is 11.3 Å². The first-order valence-corrected chi connectivity index (χ1v) is 7.86. The normalized spacial score (nSPS) is 11.0. The number of nitrogens with zero attached hydrogens (tertiary/aromatic N) is 1. The highest BCUT2D eigenvalue weighted by atomic mass is 127. The van der Waals surface area contributed by atoms with Crippen LogP contribution in [0, 0.1) is 0 Å². The molecule has 0 unspecified atom stereocenters. The fourth-order valence-corrected chi connectivity index (χ4v) is 3.27. The Morgan fingerprint density at radius 3 is 2.76 bits per heavy atom. The Kier molecular flexibility index (Phi) is 8.21. The second-order valence-electron chi connectivity index (χ2n) is 4.41. The number of methoxy groups -OCH3 is 1. The van der Waals surface area contributed by atoms with Crippen LogP contribution < -0.4 is 33.3 Å². The molecule has 1 aromatic heterocycles. The van der Waals surface area contributed by atoms with E-state index in [1.54, 1.807) is 7.11 Å². The third-order valence-corrected chi connectivity index (χ3v) is 4.28. The Morgan fingerprint density at radius 2 is 2.10 bits per heavy atom. The summed E-state index contributed by atoms with van der Waals surface area (Å²) in [4.78, 5) is 0. The molecule has 0 radical (unpaired) electrons. The van der Waals surface area contributed by atoms with Gasteiger partial charge in [-0.05, 0) is 32.4 Å². The summed E-state index contributed by atoms with van der Waals surface area (Å²) >= 11 is 1.81. The minimum Gasteiger partial charge on any atom is -1.00 e. The van der Waals surface area contributed by atoms with E-state index < -0.39 is 0 Å². The lowest BCUT2D eigenvalue weighted by Gasteiger charge is -1.97. The smallest absolute Gasteiger partial charge is 0.262 e. The number of aryl methyl sites for hydroxylation is 1. The Balaban J connectivity index is 0.00000220. The Labute approximate surface area is 147 Å². The largest absolute Gasteiger partial charge is 1.00 e. The number of halogens is 1. The quantitative estimate of drug-likeness (QED) is 0.374. The van der Waals surface area contributed by atoms with Gasteiger partial charge in [0.15, 0.2) is 0 Å². The molecule has 0 atom stereocenters. The minimum absolute atomic E-state index is 0. The molecule has 0 fully saturated rings. The summed E-state index contributed by atoms with van der Waals surface area (Å²) in [5, 5.41) is 1.27. The molecule has 2 rings (SSSR count). The summed E-state index contributed by atoms with van der Waals surface area (Å²) in [7, 11) is 1.71. The Hall–Kier alpha value is -0.660. The number of hydrogen-bond acceptors (Lipinski definition) is 3.